The van der Waals surface area contributed by atoms with Crippen molar-refractivity contribution in [2.45, 2.75) is 25.9 Å². The number of pyridine rings is 1. The molecule has 23 heavy (non-hydrogen) atoms. The van der Waals surface area contributed by atoms with Gasteiger partial charge in [0.25, 0.3) is 0 Å². The van der Waals surface area contributed by atoms with Gasteiger partial charge in [0.15, 0.2) is 0 Å². The van der Waals surface area contributed by atoms with Gasteiger partial charge >= 0.3 is 0 Å². The molecule has 1 saturated heterocycles. The number of rotatable bonds is 4. The van der Waals surface area contributed by atoms with Gasteiger partial charge in [0.1, 0.15) is 5.82 Å². The maximum absolute atomic E-state index is 13.5. The second-order valence-electron chi connectivity index (χ2n) is 6.47. The number of aromatic nitrogens is 1. The highest BCUT2D eigenvalue weighted by molar-refractivity contribution is 5.82. The molecule has 1 atom stereocenters. The standard InChI is InChI=1S/C18H24FN3O/c1-13-9-14(17-4-3-15(19)10-18(17)20-13)11-22-7-6-21(2)16(12-22)5-8-23/h3-4,9-10,16,23H,5-8,11-12H2,1-2H3/t16-/m0/s1. The molecule has 1 aliphatic rings. The first kappa shape index (κ1) is 16.3. The van der Waals surface area contributed by atoms with Crippen molar-refractivity contribution in [3.05, 3.63) is 41.3 Å². The third kappa shape index (κ3) is 3.68. The van der Waals surface area contributed by atoms with Gasteiger partial charge in [-0.05, 0) is 44.2 Å². The van der Waals surface area contributed by atoms with Crippen LogP contribution in [0.3, 0.4) is 0 Å². The lowest BCUT2D eigenvalue weighted by Gasteiger charge is -2.39. The van der Waals surface area contributed by atoms with Crippen molar-refractivity contribution < 1.29 is 9.50 Å². The summed E-state index contributed by atoms with van der Waals surface area (Å²) in [5, 5.41) is 10.2. The molecule has 0 aliphatic carbocycles. The first-order valence-electron chi connectivity index (χ1n) is 8.16. The van der Waals surface area contributed by atoms with Crippen molar-refractivity contribution in [2.75, 3.05) is 33.3 Å². The van der Waals surface area contributed by atoms with E-state index in [0.29, 0.717) is 6.04 Å². The number of likely N-dealkylation sites (N-methyl/N-ethyl adjacent to an activating group) is 1. The maximum atomic E-state index is 13.5. The van der Waals surface area contributed by atoms with Crippen LogP contribution in [0.15, 0.2) is 24.3 Å². The molecule has 1 aromatic carbocycles. The van der Waals surface area contributed by atoms with Gasteiger partial charge in [0.2, 0.25) is 0 Å². The lowest BCUT2D eigenvalue weighted by Crippen LogP contribution is -2.51. The average molecular weight is 317 g/mol. The molecule has 0 unspecified atom stereocenters. The Balaban J connectivity index is 1.83. The van der Waals surface area contributed by atoms with Gasteiger partial charge < -0.3 is 10.0 Å². The molecule has 1 fully saturated rings. The predicted molar refractivity (Wildman–Crippen MR) is 89.8 cm³/mol. The van der Waals surface area contributed by atoms with E-state index in [1.54, 1.807) is 0 Å². The summed E-state index contributed by atoms with van der Waals surface area (Å²) in [5.41, 5.74) is 2.83. The van der Waals surface area contributed by atoms with Crippen LogP contribution in [0.25, 0.3) is 10.9 Å². The number of piperazine rings is 1. The molecular formula is C18H24FN3O. The van der Waals surface area contributed by atoms with E-state index in [9.17, 15) is 9.50 Å². The normalized spacial score (nSPS) is 20.3. The van der Waals surface area contributed by atoms with Crippen LogP contribution in [-0.4, -0.2) is 59.2 Å². The Labute approximate surface area is 136 Å². The summed E-state index contributed by atoms with van der Waals surface area (Å²) in [5.74, 6) is -0.246. The molecular weight excluding hydrogens is 293 g/mol. The van der Waals surface area contributed by atoms with Gasteiger partial charge in [0, 0.05) is 56.0 Å². The fourth-order valence-corrected chi connectivity index (χ4v) is 3.41. The Morgan fingerprint density at radius 1 is 1.30 bits per heavy atom. The van der Waals surface area contributed by atoms with E-state index >= 15 is 0 Å². The van der Waals surface area contributed by atoms with Crippen LogP contribution in [0.1, 0.15) is 17.7 Å². The molecule has 3 rings (SSSR count). The van der Waals surface area contributed by atoms with Gasteiger partial charge in [-0.25, -0.2) is 4.39 Å². The van der Waals surface area contributed by atoms with Gasteiger partial charge in [0.05, 0.1) is 5.52 Å². The quantitative estimate of drug-likeness (QED) is 0.938. The third-order valence-electron chi connectivity index (χ3n) is 4.70. The van der Waals surface area contributed by atoms with E-state index in [2.05, 4.69) is 27.9 Å². The van der Waals surface area contributed by atoms with E-state index in [1.807, 2.05) is 13.0 Å². The van der Waals surface area contributed by atoms with E-state index in [1.165, 1.54) is 17.7 Å². The zero-order chi connectivity index (χ0) is 16.4. The number of nitrogens with zero attached hydrogens (tertiary/aromatic N) is 3. The molecule has 2 aromatic rings. The SMILES string of the molecule is Cc1cc(CN2CCN(C)[C@@H](CCO)C2)c2ccc(F)cc2n1. The van der Waals surface area contributed by atoms with Crippen LogP contribution in [0.5, 0.6) is 0 Å². The van der Waals surface area contributed by atoms with Crippen LogP contribution in [-0.2, 0) is 6.54 Å². The first-order valence-corrected chi connectivity index (χ1v) is 8.16. The summed E-state index contributed by atoms with van der Waals surface area (Å²) in [6, 6.07) is 7.32. The molecule has 0 saturated carbocycles. The lowest BCUT2D eigenvalue weighted by molar-refractivity contribution is 0.0745. The molecule has 1 aliphatic heterocycles. The largest absolute Gasteiger partial charge is 0.396 e. The minimum atomic E-state index is -0.246. The van der Waals surface area contributed by atoms with Crippen molar-refractivity contribution in [1.82, 2.24) is 14.8 Å². The number of benzene rings is 1. The summed E-state index contributed by atoms with van der Waals surface area (Å²) >= 11 is 0. The van der Waals surface area contributed by atoms with Gasteiger partial charge in [-0.15, -0.1) is 0 Å². The number of aliphatic hydroxyl groups is 1. The Kier molecular flexibility index (Phi) is 4.90. The summed E-state index contributed by atoms with van der Waals surface area (Å²) in [7, 11) is 2.12. The highest BCUT2D eigenvalue weighted by Crippen LogP contribution is 2.22. The van der Waals surface area contributed by atoms with Gasteiger partial charge in [-0.3, -0.25) is 9.88 Å². The van der Waals surface area contributed by atoms with Crippen LogP contribution >= 0.6 is 0 Å². The van der Waals surface area contributed by atoms with E-state index in [4.69, 9.17) is 0 Å². The van der Waals surface area contributed by atoms with Crippen LogP contribution < -0.4 is 0 Å². The molecule has 0 bridgehead atoms. The highest BCUT2D eigenvalue weighted by atomic mass is 19.1. The number of aryl methyl sites for hydroxylation is 1. The zero-order valence-electron chi connectivity index (χ0n) is 13.8. The second-order valence-corrected chi connectivity index (χ2v) is 6.47. The summed E-state index contributed by atoms with van der Waals surface area (Å²) in [6.45, 7) is 5.96. The fraction of sp³-hybridized carbons (Fsp3) is 0.500. The number of aliphatic hydroxyl groups excluding tert-OH is 1. The van der Waals surface area contributed by atoms with Crippen molar-refractivity contribution in [3.63, 3.8) is 0 Å². The maximum Gasteiger partial charge on any atom is 0.125 e. The monoisotopic (exact) mass is 317 g/mol. The predicted octanol–water partition coefficient (Wildman–Crippen LogP) is 2.18. The minimum Gasteiger partial charge on any atom is -0.396 e. The molecule has 124 valence electrons. The highest BCUT2D eigenvalue weighted by Gasteiger charge is 2.24. The third-order valence-corrected chi connectivity index (χ3v) is 4.70. The van der Waals surface area contributed by atoms with Crippen LogP contribution in [0.4, 0.5) is 4.39 Å². The number of fused-ring (bicyclic) bond motifs is 1. The van der Waals surface area contributed by atoms with Crippen molar-refractivity contribution in [3.8, 4) is 0 Å². The number of halogens is 1. The summed E-state index contributed by atoms with van der Waals surface area (Å²) < 4.78 is 13.5. The topological polar surface area (TPSA) is 39.6 Å². The van der Waals surface area contributed by atoms with E-state index < -0.39 is 0 Å². The van der Waals surface area contributed by atoms with Crippen molar-refractivity contribution >= 4 is 10.9 Å². The van der Waals surface area contributed by atoms with Gasteiger partial charge in [-0.2, -0.15) is 0 Å². The minimum absolute atomic E-state index is 0.222. The second kappa shape index (κ2) is 6.91. The lowest BCUT2D eigenvalue weighted by atomic mass is 10.0. The van der Waals surface area contributed by atoms with Crippen LogP contribution in [0.2, 0.25) is 0 Å². The Hall–Kier alpha value is -1.56. The molecule has 0 radical (unpaired) electrons. The van der Waals surface area contributed by atoms with Crippen LogP contribution in [0, 0.1) is 12.7 Å². The smallest absolute Gasteiger partial charge is 0.125 e. The molecule has 2 heterocycles. The Morgan fingerprint density at radius 3 is 2.91 bits per heavy atom. The summed E-state index contributed by atoms with van der Waals surface area (Å²) in [4.78, 5) is 9.18. The molecule has 5 heteroatoms. The van der Waals surface area contributed by atoms with E-state index in [-0.39, 0.29) is 12.4 Å². The van der Waals surface area contributed by atoms with Crippen molar-refractivity contribution in [2.24, 2.45) is 0 Å². The molecule has 0 amide bonds. The average Bonchev–Trinajstić information content (AvgIpc) is 2.50. The zero-order valence-corrected chi connectivity index (χ0v) is 13.8. The number of hydrogen-bond donors (Lipinski definition) is 1. The Morgan fingerprint density at radius 2 is 2.13 bits per heavy atom. The molecule has 1 N–H and O–H groups in total. The first-order chi connectivity index (χ1) is 11.1. The Bertz CT molecular complexity index is 686. The van der Waals surface area contributed by atoms with Gasteiger partial charge in [-0.1, -0.05) is 0 Å². The molecule has 0 spiro atoms. The fourth-order valence-electron chi connectivity index (χ4n) is 3.41. The van der Waals surface area contributed by atoms with E-state index in [0.717, 1.165) is 49.2 Å². The molecule has 4 nitrogen and oxygen atoms in total. The summed E-state index contributed by atoms with van der Waals surface area (Å²) in [6.07, 6.45) is 0.800. The number of hydrogen-bond acceptors (Lipinski definition) is 4. The molecule has 1 aromatic heterocycles. The van der Waals surface area contributed by atoms with Crippen molar-refractivity contribution in [1.29, 1.82) is 0 Å².